The molecule has 1 atom stereocenters. The van der Waals surface area contributed by atoms with Gasteiger partial charge in [0.25, 0.3) is 15.9 Å². The molecule has 0 aliphatic heterocycles. The third-order valence-electron chi connectivity index (χ3n) is 4.10. The van der Waals surface area contributed by atoms with Crippen molar-refractivity contribution in [2.75, 3.05) is 4.72 Å². The van der Waals surface area contributed by atoms with Crippen LogP contribution >= 0.6 is 0 Å². The predicted molar refractivity (Wildman–Crippen MR) is 102 cm³/mol. The second kappa shape index (κ2) is 8.20. The quantitative estimate of drug-likeness (QED) is 0.437. The van der Waals surface area contributed by atoms with Crippen molar-refractivity contribution in [2.24, 2.45) is 0 Å². The Kier molecular flexibility index (Phi) is 5.72. The summed E-state index contributed by atoms with van der Waals surface area (Å²) in [5.41, 5.74) is 2.99. The summed E-state index contributed by atoms with van der Waals surface area (Å²) in [6.07, 6.45) is 0. The van der Waals surface area contributed by atoms with E-state index in [2.05, 4.69) is 4.72 Å². The van der Waals surface area contributed by atoms with Crippen molar-refractivity contribution in [1.82, 2.24) is 5.48 Å². The number of amides is 1. The number of hydrogen-bond donors (Lipinski definition) is 3. The number of nitrogens with one attached hydrogen (secondary N) is 2. The minimum absolute atomic E-state index is 0.0907. The van der Waals surface area contributed by atoms with Gasteiger partial charge in [0.1, 0.15) is 5.82 Å². The van der Waals surface area contributed by atoms with E-state index in [0.717, 1.165) is 24.3 Å². The van der Waals surface area contributed by atoms with Gasteiger partial charge in [-0.1, -0.05) is 42.5 Å². The number of carbonyl (C=O) groups excluding carboxylic acids is 1. The molecule has 28 heavy (non-hydrogen) atoms. The standard InChI is InChI=1S/C20H17FN2O4S/c21-16-9-11-18(12-10-16)28(26,27)23-17-8-4-7-15(13-17)19(20(24)22-25)14-5-2-1-3-6-14/h1-13,19,23,25H,(H,22,24). The first kappa shape index (κ1) is 19.5. The predicted octanol–water partition coefficient (Wildman–Crippen LogP) is 3.26. The molecule has 3 aromatic rings. The molecule has 0 saturated heterocycles. The van der Waals surface area contributed by atoms with Crippen molar-refractivity contribution in [1.29, 1.82) is 0 Å². The van der Waals surface area contributed by atoms with Crippen LogP contribution in [0.5, 0.6) is 0 Å². The number of rotatable bonds is 6. The summed E-state index contributed by atoms with van der Waals surface area (Å²) in [7, 11) is -3.93. The van der Waals surface area contributed by atoms with Crippen molar-refractivity contribution in [3.63, 3.8) is 0 Å². The van der Waals surface area contributed by atoms with Crippen molar-refractivity contribution in [3.8, 4) is 0 Å². The zero-order valence-electron chi connectivity index (χ0n) is 14.5. The monoisotopic (exact) mass is 400 g/mol. The summed E-state index contributed by atoms with van der Waals surface area (Å²) in [5.74, 6) is -2.02. The van der Waals surface area contributed by atoms with Crippen LogP contribution in [0.15, 0.2) is 83.8 Å². The maximum atomic E-state index is 13.0. The van der Waals surface area contributed by atoms with E-state index in [0.29, 0.717) is 11.1 Å². The second-order valence-electron chi connectivity index (χ2n) is 6.00. The summed E-state index contributed by atoms with van der Waals surface area (Å²) in [4.78, 5) is 12.1. The van der Waals surface area contributed by atoms with Gasteiger partial charge in [0.05, 0.1) is 10.8 Å². The van der Waals surface area contributed by atoms with Crippen LogP contribution < -0.4 is 10.2 Å². The van der Waals surface area contributed by atoms with Gasteiger partial charge in [-0.25, -0.2) is 18.3 Å². The first-order chi connectivity index (χ1) is 13.4. The smallest absolute Gasteiger partial charge is 0.261 e. The highest BCUT2D eigenvalue weighted by Gasteiger charge is 2.23. The fraction of sp³-hybridized carbons (Fsp3) is 0.0500. The lowest BCUT2D eigenvalue weighted by Crippen LogP contribution is -2.27. The number of sulfonamides is 1. The Hall–Kier alpha value is -3.23. The Morgan fingerprint density at radius 1 is 0.893 bits per heavy atom. The summed E-state index contributed by atoms with van der Waals surface area (Å²) >= 11 is 0. The molecule has 3 rings (SSSR count). The highest BCUT2D eigenvalue weighted by Crippen LogP contribution is 2.27. The molecule has 8 heteroatoms. The average molecular weight is 400 g/mol. The Labute approximate surface area is 161 Å². The van der Waals surface area contributed by atoms with Crippen LogP contribution in [-0.4, -0.2) is 19.5 Å². The molecule has 0 spiro atoms. The number of anilines is 1. The van der Waals surface area contributed by atoms with Gasteiger partial charge in [0.15, 0.2) is 0 Å². The van der Waals surface area contributed by atoms with Gasteiger partial charge in [0, 0.05) is 5.69 Å². The first-order valence-electron chi connectivity index (χ1n) is 8.28. The van der Waals surface area contributed by atoms with Crippen LogP contribution in [0.1, 0.15) is 17.0 Å². The molecule has 0 radical (unpaired) electrons. The number of benzene rings is 3. The number of halogens is 1. The second-order valence-corrected chi connectivity index (χ2v) is 7.69. The summed E-state index contributed by atoms with van der Waals surface area (Å²) in [5, 5.41) is 9.11. The van der Waals surface area contributed by atoms with Crippen LogP contribution in [-0.2, 0) is 14.8 Å². The SMILES string of the molecule is O=C(NO)C(c1ccccc1)c1cccc(NS(=O)(=O)c2ccc(F)cc2)c1. The van der Waals surface area contributed by atoms with E-state index in [-0.39, 0.29) is 10.6 Å². The van der Waals surface area contributed by atoms with Crippen molar-refractivity contribution in [3.05, 3.63) is 95.8 Å². The number of hydrogen-bond acceptors (Lipinski definition) is 4. The molecule has 3 aromatic carbocycles. The third kappa shape index (κ3) is 4.36. The van der Waals surface area contributed by atoms with E-state index in [9.17, 15) is 17.6 Å². The maximum absolute atomic E-state index is 13.0. The average Bonchev–Trinajstić information content (AvgIpc) is 2.69. The number of hydroxylamine groups is 1. The van der Waals surface area contributed by atoms with Gasteiger partial charge in [-0.05, 0) is 47.5 Å². The van der Waals surface area contributed by atoms with Crippen molar-refractivity contribution >= 4 is 21.6 Å². The Bertz CT molecular complexity index is 1070. The first-order valence-corrected chi connectivity index (χ1v) is 9.76. The van der Waals surface area contributed by atoms with Gasteiger partial charge in [0.2, 0.25) is 0 Å². The molecule has 0 aliphatic carbocycles. The largest absolute Gasteiger partial charge is 0.289 e. The summed E-state index contributed by atoms with van der Waals surface area (Å²) in [6, 6.07) is 19.5. The highest BCUT2D eigenvalue weighted by atomic mass is 32.2. The minimum Gasteiger partial charge on any atom is -0.289 e. The normalized spacial score (nSPS) is 12.2. The van der Waals surface area contributed by atoms with Crippen LogP contribution in [0, 0.1) is 5.82 Å². The molecule has 1 unspecified atom stereocenters. The van der Waals surface area contributed by atoms with Gasteiger partial charge >= 0.3 is 0 Å². The third-order valence-corrected chi connectivity index (χ3v) is 5.50. The molecule has 0 saturated carbocycles. The fourth-order valence-corrected chi connectivity index (χ4v) is 3.86. The topological polar surface area (TPSA) is 95.5 Å². The molecule has 0 heterocycles. The minimum atomic E-state index is -3.93. The molecule has 0 bridgehead atoms. The molecule has 6 nitrogen and oxygen atoms in total. The van der Waals surface area contributed by atoms with E-state index in [1.165, 1.54) is 12.1 Å². The molecule has 3 N–H and O–H groups in total. The van der Waals surface area contributed by atoms with Crippen LogP contribution in [0.4, 0.5) is 10.1 Å². The van der Waals surface area contributed by atoms with Gasteiger partial charge < -0.3 is 0 Å². The Balaban J connectivity index is 1.94. The highest BCUT2D eigenvalue weighted by molar-refractivity contribution is 7.92. The molecule has 0 aliphatic rings. The fourth-order valence-electron chi connectivity index (χ4n) is 2.81. The van der Waals surface area contributed by atoms with E-state index < -0.39 is 27.7 Å². The molecular formula is C20H17FN2O4S. The van der Waals surface area contributed by atoms with Crippen molar-refractivity contribution in [2.45, 2.75) is 10.8 Å². The van der Waals surface area contributed by atoms with E-state index >= 15 is 0 Å². The lowest BCUT2D eigenvalue weighted by Gasteiger charge is -2.17. The van der Waals surface area contributed by atoms with Gasteiger partial charge in [-0.2, -0.15) is 0 Å². The van der Waals surface area contributed by atoms with Crippen molar-refractivity contribution < 1.29 is 22.8 Å². The summed E-state index contributed by atoms with van der Waals surface area (Å²) in [6.45, 7) is 0. The van der Waals surface area contributed by atoms with Gasteiger partial charge in [-0.3, -0.25) is 14.7 Å². The van der Waals surface area contributed by atoms with E-state index in [4.69, 9.17) is 5.21 Å². The number of carbonyl (C=O) groups is 1. The molecule has 0 fully saturated rings. The van der Waals surface area contributed by atoms with Crippen LogP contribution in [0.3, 0.4) is 0 Å². The van der Waals surface area contributed by atoms with Crippen LogP contribution in [0.25, 0.3) is 0 Å². The lowest BCUT2D eigenvalue weighted by molar-refractivity contribution is -0.129. The van der Waals surface area contributed by atoms with E-state index in [1.807, 2.05) is 0 Å². The van der Waals surface area contributed by atoms with E-state index in [1.54, 1.807) is 47.9 Å². The molecule has 1 amide bonds. The lowest BCUT2D eigenvalue weighted by atomic mass is 9.90. The summed E-state index contributed by atoms with van der Waals surface area (Å²) < 4.78 is 40.5. The molecule has 144 valence electrons. The molecular weight excluding hydrogens is 383 g/mol. The Morgan fingerprint density at radius 2 is 1.54 bits per heavy atom. The zero-order valence-corrected chi connectivity index (χ0v) is 15.4. The Morgan fingerprint density at radius 3 is 2.18 bits per heavy atom. The zero-order chi connectivity index (χ0) is 20.1. The molecule has 0 aromatic heterocycles. The maximum Gasteiger partial charge on any atom is 0.261 e. The van der Waals surface area contributed by atoms with Crippen LogP contribution in [0.2, 0.25) is 0 Å². The van der Waals surface area contributed by atoms with Gasteiger partial charge in [-0.15, -0.1) is 0 Å².